The smallest absolute Gasteiger partial charge is 0.00313 e. The van der Waals surface area contributed by atoms with Crippen LogP contribution in [0.3, 0.4) is 0 Å². The molecule has 0 aliphatic heterocycles. The fraction of sp³-hybridized carbons (Fsp3) is 1.00. The summed E-state index contributed by atoms with van der Waals surface area (Å²) in [4.78, 5) is 0. The quantitative estimate of drug-likeness (QED) is 0.366. The number of hydrogen-bond acceptors (Lipinski definition) is 2. The molecule has 0 heterocycles. The normalized spacial score (nSPS) is 13.2. The third-order valence-electron chi connectivity index (χ3n) is 1.51. The van der Waals surface area contributed by atoms with Gasteiger partial charge in [-0.3, -0.25) is 0 Å². The van der Waals surface area contributed by atoms with Crippen molar-refractivity contribution in [3.8, 4) is 0 Å². The van der Waals surface area contributed by atoms with Gasteiger partial charge in [0.25, 0.3) is 0 Å². The topological polar surface area (TPSA) is 46.1 Å². The third-order valence-corrected chi connectivity index (χ3v) is 2.07. The lowest BCUT2D eigenvalue weighted by atomic mass is 9.72. The van der Waals surface area contributed by atoms with Gasteiger partial charge in [-0.25, -0.2) is 0 Å². The molecular formula is C6H12BBrO2-2. The predicted octanol–water partition coefficient (Wildman–Crippen LogP) is 0.150. The lowest BCUT2D eigenvalue weighted by molar-refractivity contribution is -0.352. The van der Waals surface area contributed by atoms with Gasteiger partial charge in [0.05, 0.1) is 0 Å². The minimum absolute atomic E-state index is 0.209. The molecule has 1 unspecified atom stereocenters. The van der Waals surface area contributed by atoms with Crippen LogP contribution in [0, 0.1) is 0 Å². The van der Waals surface area contributed by atoms with E-state index in [0.29, 0.717) is 0 Å². The minimum atomic E-state index is -1.64. The van der Waals surface area contributed by atoms with E-state index < -0.39 is 7.12 Å². The van der Waals surface area contributed by atoms with Crippen LogP contribution in [0.1, 0.15) is 26.2 Å². The van der Waals surface area contributed by atoms with Crippen molar-refractivity contribution in [1.29, 1.82) is 0 Å². The van der Waals surface area contributed by atoms with Crippen molar-refractivity contribution in [2.24, 2.45) is 0 Å². The van der Waals surface area contributed by atoms with Crippen LogP contribution >= 0.6 is 15.9 Å². The van der Waals surface area contributed by atoms with Crippen LogP contribution in [-0.4, -0.2) is 12.4 Å². The Balaban J connectivity index is 3.13. The van der Waals surface area contributed by atoms with E-state index in [4.69, 9.17) is 0 Å². The molecule has 0 saturated carbocycles. The molecule has 10 heavy (non-hydrogen) atoms. The highest BCUT2D eigenvalue weighted by Gasteiger charge is 1.96. The van der Waals surface area contributed by atoms with Crippen LogP contribution in [0.15, 0.2) is 0 Å². The zero-order chi connectivity index (χ0) is 7.98. The molecule has 2 nitrogen and oxygen atoms in total. The number of halogens is 1. The van der Waals surface area contributed by atoms with E-state index in [0.717, 1.165) is 24.6 Å². The van der Waals surface area contributed by atoms with Gasteiger partial charge in [0.15, 0.2) is 0 Å². The SMILES string of the molecule is CC(CCCCBr)B([O-])[O-]. The average Bonchev–Trinajstić information content (AvgIpc) is 1.88. The van der Waals surface area contributed by atoms with Gasteiger partial charge in [-0.05, 0) is 6.42 Å². The monoisotopic (exact) mass is 206 g/mol. The molecule has 0 spiro atoms. The molecular weight excluding hydrogens is 195 g/mol. The summed E-state index contributed by atoms with van der Waals surface area (Å²) in [5, 5.41) is 21.5. The third kappa shape index (κ3) is 5.27. The molecule has 0 amide bonds. The van der Waals surface area contributed by atoms with Gasteiger partial charge in [0, 0.05) is 5.33 Å². The number of rotatable bonds is 5. The van der Waals surface area contributed by atoms with E-state index in [2.05, 4.69) is 15.9 Å². The van der Waals surface area contributed by atoms with E-state index in [-0.39, 0.29) is 5.82 Å². The van der Waals surface area contributed by atoms with Crippen molar-refractivity contribution < 1.29 is 10.0 Å². The summed E-state index contributed by atoms with van der Waals surface area (Å²) in [5.41, 5.74) is 0. The Morgan fingerprint density at radius 3 is 2.40 bits per heavy atom. The number of alkyl halides is 1. The van der Waals surface area contributed by atoms with Gasteiger partial charge in [0.2, 0.25) is 0 Å². The molecule has 0 rings (SSSR count). The highest BCUT2D eigenvalue weighted by Crippen LogP contribution is 2.12. The molecule has 1 atom stereocenters. The summed E-state index contributed by atoms with van der Waals surface area (Å²) in [7, 11) is -1.64. The standard InChI is InChI=1S/C6H12BBrO2/c1-6(7(9)10)4-2-3-5-8/h6H,2-5H2,1H3/q-2. The van der Waals surface area contributed by atoms with Crippen molar-refractivity contribution in [2.75, 3.05) is 5.33 Å². The second kappa shape index (κ2) is 6.19. The Morgan fingerprint density at radius 1 is 1.40 bits per heavy atom. The first-order chi connectivity index (χ1) is 4.68. The van der Waals surface area contributed by atoms with E-state index in [1.54, 1.807) is 6.92 Å². The Hall–Kier alpha value is 0.465. The van der Waals surface area contributed by atoms with Crippen molar-refractivity contribution >= 4 is 23.0 Å². The maximum absolute atomic E-state index is 10.3. The molecule has 0 fully saturated rings. The predicted molar refractivity (Wildman–Crippen MR) is 42.8 cm³/mol. The van der Waals surface area contributed by atoms with Crippen molar-refractivity contribution in [1.82, 2.24) is 0 Å². The van der Waals surface area contributed by atoms with Gasteiger partial charge in [-0.2, -0.15) is 0 Å². The van der Waals surface area contributed by atoms with Crippen LogP contribution in [0.25, 0.3) is 0 Å². The maximum Gasteiger partial charge on any atom is 0.00313 e. The second-order valence-electron chi connectivity index (χ2n) is 2.53. The number of hydrogen-bond donors (Lipinski definition) is 0. The zero-order valence-corrected chi connectivity index (χ0v) is 7.76. The zero-order valence-electron chi connectivity index (χ0n) is 6.18. The maximum atomic E-state index is 10.3. The molecule has 0 aliphatic rings. The molecule has 0 radical (unpaired) electrons. The molecule has 60 valence electrons. The van der Waals surface area contributed by atoms with Gasteiger partial charge in [-0.1, -0.05) is 35.7 Å². The Kier molecular flexibility index (Phi) is 6.48. The molecule has 4 heteroatoms. The molecule has 0 aromatic carbocycles. The summed E-state index contributed by atoms with van der Waals surface area (Å²) in [6, 6.07) is 0. The summed E-state index contributed by atoms with van der Waals surface area (Å²) in [5.74, 6) is -0.209. The van der Waals surface area contributed by atoms with Gasteiger partial charge >= 0.3 is 0 Å². The van der Waals surface area contributed by atoms with E-state index in [9.17, 15) is 10.0 Å². The van der Waals surface area contributed by atoms with Crippen molar-refractivity contribution in [2.45, 2.75) is 32.0 Å². The number of unbranched alkanes of at least 4 members (excludes halogenated alkanes) is 1. The molecule has 0 aromatic rings. The minimum Gasteiger partial charge on any atom is -0.893 e. The van der Waals surface area contributed by atoms with Crippen LogP contribution < -0.4 is 10.0 Å². The van der Waals surface area contributed by atoms with E-state index >= 15 is 0 Å². The highest BCUT2D eigenvalue weighted by atomic mass is 79.9. The first-order valence-corrected chi connectivity index (χ1v) is 4.68. The first kappa shape index (κ1) is 10.5. The van der Waals surface area contributed by atoms with Crippen molar-refractivity contribution in [3.63, 3.8) is 0 Å². The van der Waals surface area contributed by atoms with Gasteiger partial charge in [-0.15, -0.1) is 12.9 Å². The van der Waals surface area contributed by atoms with Crippen LogP contribution in [0.5, 0.6) is 0 Å². The Labute approximate surface area is 70.9 Å². The van der Waals surface area contributed by atoms with Crippen molar-refractivity contribution in [3.05, 3.63) is 0 Å². The molecule has 0 bridgehead atoms. The summed E-state index contributed by atoms with van der Waals surface area (Å²) >= 11 is 3.28. The van der Waals surface area contributed by atoms with Crippen LogP contribution in [0.4, 0.5) is 0 Å². The first-order valence-electron chi connectivity index (χ1n) is 3.56. The lowest BCUT2D eigenvalue weighted by Crippen LogP contribution is -2.48. The lowest BCUT2D eigenvalue weighted by Gasteiger charge is -2.33. The highest BCUT2D eigenvalue weighted by molar-refractivity contribution is 9.09. The largest absolute Gasteiger partial charge is 0.893 e. The van der Waals surface area contributed by atoms with Crippen LogP contribution in [-0.2, 0) is 0 Å². The molecule has 0 aromatic heterocycles. The average molecular weight is 207 g/mol. The fourth-order valence-electron chi connectivity index (χ4n) is 0.697. The summed E-state index contributed by atoms with van der Waals surface area (Å²) < 4.78 is 0. The van der Waals surface area contributed by atoms with Gasteiger partial charge < -0.3 is 10.0 Å². The molecule has 0 N–H and O–H groups in total. The Morgan fingerprint density at radius 2 is 2.00 bits per heavy atom. The van der Waals surface area contributed by atoms with Gasteiger partial charge in [0.1, 0.15) is 0 Å². The molecule has 0 aliphatic carbocycles. The fourth-order valence-corrected chi connectivity index (χ4v) is 1.09. The second-order valence-corrected chi connectivity index (χ2v) is 3.32. The van der Waals surface area contributed by atoms with E-state index in [1.165, 1.54) is 0 Å². The Bertz CT molecular complexity index is 80.1. The summed E-state index contributed by atoms with van der Waals surface area (Å²) in [6.07, 6.45) is 2.80. The molecule has 0 saturated heterocycles. The van der Waals surface area contributed by atoms with E-state index in [1.807, 2.05) is 0 Å². The van der Waals surface area contributed by atoms with Crippen LogP contribution in [0.2, 0.25) is 5.82 Å². The summed E-state index contributed by atoms with van der Waals surface area (Å²) in [6.45, 7) is 1.72.